The minimum absolute atomic E-state index is 0.0735. The van der Waals surface area contributed by atoms with Gasteiger partial charge in [-0.15, -0.1) is 0 Å². The second-order valence-electron chi connectivity index (χ2n) is 5.00. The van der Waals surface area contributed by atoms with Gasteiger partial charge in [0, 0.05) is 0 Å². The van der Waals surface area contributed by atoms with Crippen LogP contribution in [0.15, 0.2) is 33.7 Å². The molecule has 100 valence electrons. The molecule has 0 bridgehead atoms. The summed E-state index contributed by atoms with van der Waals surface area (Å²) in [6.07, 6.45) is 0.846. The summed E-state index contributed by atoms with van der Waals surface area (Å²) in [5, 5.41) is 0.586. The highest BCUT2D eigenvalue weighted by Gasteiger charge is 2.23. The van der Waals surface area contributed by atoms with Crippen molar-refractivity contribution in [2.45, 2.75) is 26.1 Å². The van der Waals surface area contributed by atoms with Crippen molar-refractivity contribution < 1.29 is 13.9 Å². The Balaban J connectivity index is 2.16. The standard InChI is InChI=1S/C15H16O4/c1-9(2)10-3-4-13-11(7-10)14(16)12(8-19-13)15-17-5-6-18-15/h3-4,7-9,15H,5-6H2,1-2H3. The van der Waals surface area contributed by atoms with Crippen molar-refractivity contribution in [2.24, 2.45) is 0 Å². The molecule has 19 heavy (non-hydrogen) atoms. The zero-order valence-corrected chi connectivity index (χ0v) is 11.0. The molecule has 4 nitrogen and oxygen atoms in total. The maximum atomic E-state index is 12.5. The molecule has 1 aliphatic heterocycles. The van der Waals surface area contributed by atoms with Gasteiger partial charge >= 0.3 is 0 Å². The number of rotatable bonds is 2. The van der Waals surface area contributed by atoms with E-state index in [-0.39, 0.29) is 5.43 Å². The molecule has 0 N–H and O–H groups in total. The molecule has 4 heteroatoms. The van der Waals surface area contributed by atoms with E-state index in [0.29, 0.717) is 35.7 Å². The van der Waals surface area contributed by atoms with E-state index < -0.39 is 6.29 Å². The Morgan fingerprint density at radius 3 is 2.63 bits per heavy atom. The maximum absolute atomic E-state index is 12.5. The van der Waals surface area contributed by atoms with Gasteiger partial charge in [0.1, 0.15) is 11.8 Å². The number of benzene rings is 1. The highest BCUT2D eigenvalue weighted by atomic mass is 16.7. The van der Waals surface area contributed by atoms with Crippen LogP contribution in [0.1, 0.15) is 37.2 Å². The van der Waals surface area contributed by atoms with Crippen molar-refractivity contribution in [2.75, 3.05) is 13.2 Å². The van der Waals surface area contributed by atoms with Crippen LogP contribution in [0.2, 0.25) is 0 Å². The summed E-state index contributed by atoms with van der Waals surface area (Å²) in [4.78, 5) is 12.5. The van der Waals surface area contributed by atoms with Crippen LogP contribution in [0.5, 0.6) is 0 Å². The summed E-state index contributed by atoms with van der Waals surface area (Å²) in [5.74, 6) is 0.367. The van der Waals surface area contributed by atoms with Gasteiger partial charge in [-0.3, -0.25) is 4.79 Å². The topological polar surface area (TPSA) is 48.7 Å². The fraction of sp³-hybridized carbons (Fsp3) is 0.400. The molecule has 0 aliphatic carbocycles. The highest BCUT2D eigenvalue weighted by Crippen LogP contribution is 2.24. The van der Waals surface area contributed by atoms with E-state index >= 15 is 0 Å². The van der Waals surface area contributed by atoms with Crippen LogP contribution in [-0.2, 0) is 9.47 Å². The van der Waals surface area contributed by atoms with Crippen LogP contribution >= 0.6 is 0 Å². The normalized spacial score (nSPS) is 16.6. The predicted molar refractivity (Wildman–Crippen MR) is 71.2 cm³/mol. The van der Waals surface area contributed by atoms with Gasteiger partial charge in [0.2, 0.25) is 5.43 Å². The average molecular weight is 260 g/mol. The van der Waals surface area contributed by atoms with Crippen LogP contribution in [-0.4, -0.2) is 13.2 Å². The molecule has 1 aromatic heterocycles. The third kappa shape index (κ3) is 2.17. The fourth-order valence-electron chi connectivity index (χ4n) is 2.22. The molecule has 1 saturated heterocycles. The summed E-state index contributed by atoms with van der Waals surface area (Å²) in [6.45, 7) is 5.20. The van der Waals surface area contributed by atoms with Gasteiger partial charge in [-0.05, 0) is 23.6 Å². The van der Waals surface area contributed by atoms with Crippen LogP contribution in [0.4, 0.5) is 0 Å². The lowest BCUT2D eigenvalue weighted by Crippen LogP contribution is -2.14. The third-order valence-corrected chi connectivity index (χ3v) is 3.37. The molecule has 0 unspecified atom stereocenters. The Kier molecular flexibility index (Phi) is 3.12. The van der Waals surface area contributed by atoms with Crippen molar-refractivity contribution >= 4 is 11.0 Å². The predicted octanol–water partition coefficient (Wildman–Crippen LogP) is 2.96. The third-order valence-electron chi connectivity index (χ3n) is 3.37. The Labute approximate surface area is 110 Å². The number of fused-ring (bicyclic) bond motifs is 1. The van der Waals surface area contributed by atoms with E-state index in [4.69, 9.17) is 13.9 Å². The lowest BCUT2D eigenvalue weighted by Gasteiger charge is -2.10. The Morgan fingerprint density at radius 1 is 1.21 bits per heavy atom. The Bertz CT molecular complexity index is 651. The average Bonchev–Trinajstić information content (AvgIpc) is 2.92. The molecule has 2 aromatic rings. The van der Waals surface area contributed by atoms with Gasteiger partial charge < -0.3 is 13.9 Å². The molecule has 0 spiro atoms. The van der Waals surface area contributed by atoms with Crippen molar-refractivity contribution in [3.05, 3.63) is 45.8 Å². The quantitative estimate of drug-likeness (QED) is 0.833. The van der Waals surface area contributed by atoms with Gasteiger partial charge in [-0.2, -0.15) is 0 Å². The summed E-state index contributed by atoms with van der Waals surface area (Å²) in [5.41, 5.74) is 2.07. The maximum Gasteiger partial charge on any atom is 0.200 e. The fourth-order valence-corrected chi connectivity index (χ4v) is 2.22. The van der Waals surface area contributed by atoms with Crippen LogP contribution < -0.4 is 5.43 Å². The Morgan fingerprint density at radius 2 is 1.95 bits per heavy atom. The molecule has 2 heterocycles. The first-order valence-corrected chi connectivity index (χ1v) is 6.45. The molecule has 0 saturated carbocycles. The van der Waals surface area contributed by atoms with E-state index in [9.17, 15) is 4.79 Å². The van der Waals surface area contributed by atoms with Gasteiger partial charge in [0.05, 0.1) is 24.2 Å². The highest BCUT2D eigenvalue weighted by molar-refractivity contribution is 5.77. The van der Waals surface area contributed by atoms with Gasteiger partial charge in [0.25, 0.3) is 0 Å². The van der Waals surface area contributed by atoms with Crippen molar-refractivity contribution in [1.29, 1.82) is 0 Å². The first kappa shape index (κ1) is 12.4. The van der Waals surface area contributed by atoms with E-state index in [1.807, 2.05) is 18.2 Å². The second-order valence-corrected chi connectivity index (χ2v) is 5.00. The Hall–Kier alpha value is -1.65. The molecule has 1 aromatic carbocycles. The molecule has 1 fully saturated rings. The van der Waals surface area contributed by atoms with E-state index in [0.717, 1.165) is 5.56 Å². The molecule has 0 amide bonds. The van der Waals surface area contributed by atoms with Gasteiger partial charge in [0.15, 0.2) is 6.29 Å². The molecule has 0 radical (unpaired) electrons. The first-order valence-electron chi connectivity index (χ1n) is 6.45. The minimum atomic E-state index is -0.594. The molecule has 3 rings (SSSR count). The largest absolute Gasteiger partial charge is 0.464 e. The zero-order valence-electron chi connectivity index (χ0n) is 11.0. The minimum Gasteiger partial charge on any atom is -0.464 e. The van der Waals surface area contributed by atoms with Crippen LogP contribution in [0.3, 0.4) is 0 Å². The van der Waals surface area contributed by atoms with Gasteiger partial charge in [-0.1, -0.05) is 19.9 Å². The lowest BCUT2D eigenvalue weighted by molar-refractivity contribution is -0.0457. The van der Waals surface area contributed by atoms with Crippen LogP contribution in [0, 0.1) is 0 Å². The first-order chi connectivity index (χ1) is 9.16. The second kappa shape index (κ2) is 4.79. The van der Waals surface area contributed by atoms with E-state index in [1.165, 1.54) is 6.26 Å². The molecule has 1 aliphatic rings. The number of hydrogen-bond acceptors (Lipinski definition) is 4. The zero-order chi connectivity index (χ0) is 13.4. The van der Waals surface area contributed by atoms with E-state index in [2.05, 4.69) is 13.8 Å². The van der Waals surface area contributed by atoms with E-state index in [1.54, 1.807) is 0 Å². The number of ether oxygens (including phenoxy) is 2. The summed E-state index contributed by atoms with van der Waals surface area (Å²) >= 11 is 0. The SMILES string of the molecule is CC(C)c1ccc2occ(C3OCCO3)c(=O)c2c1. The van der Waals surface area contributed by atoms with Crippen molar-refractivity contribution in [3.63, 3.8) is 0 Å². The summed E-state index contributed by atoms with van der Waals surface area (Å²) < 4.78 is 16.2. The molecule has 0 atom stereocenters. The van der Waals surface area contributed by atoms with Gasteiger partial charge in [-0.25, -0.2) is 0 Å². The van der Waals surface area contributed by atoms with Crippen molar-refractivity contribution in [3.8, 4) is 0 Å². The molecular formula is C15H16O4. The van der Waals surface area contributed by atoms with Crippen LogP contribution in [0.25, 0.3) is 11.0 Å². The number of hydrogen-bond donors (Lipinski definition) is 0. The van der Waals surface area contributed by atoms with Crippen molar-refractivity contribution in [1.82, 2.24) is 0 Å². The smallest absolute Gasteiger partial charge is 0.200 e. The lowest BCUT2D eigenvalue weighted by atomic mass is 10.0. The monoisotopic (exact) mass is 260 g/mol. The molecular weight excluding hydrogens is 244 g/mol. The summed E-state index contributed by atoms with van der Waals surface area (Å²) in [6, 6.07) is 5.72. The summed E-state index contributed by atoms with van der Waals surface area (Å²) in [7, 11) is 0.